The van der Waals surface area contributed by atoms with Gasteiger partial charge in [-0.2, -0.15) is 0 Å². The van der Waals surface area contributed by atoms with E-state index in [-0.39, 0.29) is 6.04 Å². The summed E-state index contributed by atoms with van der Waals surface area (Å²) >= 11 is 0. The second kappa shape index (κ2) is 10.7. The van der Waals surface area contributed by atoms with E-state index in [9.17, 15) is 0 Å². The summed E-state index contributed by atoms with van der Waals surface area (Å²) in [4.78, 5) is 2.49. The number of benzene rings is 4. The number of anilines is 2. The van der Waals surface area contributed by atoms with Crippen LogP contribution in [0.3, 0.4) is 0 Å². The predicted octanol–water partition coefficient (Wildman–Crippen LogP) is 9.64. The maximum absolute atomic E-state index is 2.49. The van der Waals surface area contributed by atoms with Gasteiger partial charge < -0.3 is 4.90 Å². The van der Waals surface area contributed by atoms with Gasteiger partial charge in [0, 0.05) is 11.4 Å². The van der Waals surface area contributed by atoms with Crippen LogP contribution in [0.5, 0.6) is 0 Å². The first-order chi connectivity index (χ1) is 18.4. The molecule has 0 amide bonds. The van der Waals surface area contributed by atoms with Crippen LogP contribution in [-0.4, -0.2) is 6.04 Å². The summed E-state index contributed by atoms with van der Waals surface area (Å²) in [5.41, 5.74) is 10.3. The Hall–Kier alpha value is -4.36. The van der Waals surface area contributed by atoms with Gasteiger partial charge in [0.25, 0.3) is 0 Å². The summed E-state index contributed by atoms with van der Waals surface area (Å²) in [6.45, 7) is 0. The van der Waals surface area contributed by atoms with Crippen molar-refractivity contribution in [3.8, 4) is 11.1 Å². The van der Waals surface area contributed by atoms with Crippen molar-refractivity contribution in [3.05, 3.63) is 157 Å². The normalized spacial score (nSPS) is 16.7. The topological polar surface area (TPSA) is 3.24 Å². The van der Waals surface area contributed by atoms with E-state index >= 15 is 0 Å². The van der Waals surface area contributed by atoms with Crippen LogP contribution in [-0.2, 0) is 0 Å². The van der Waals surface area contributed by atoms with Gasteiger partial charge in [-0.25, -0.2) is 0 Å². The Morgan fingerprint density at radius 2 is 1.35 bits per heavy atom. The Labute approximate surface area is 220 Å². The van der Waals surface area contributed by atoms with Gasteiger partial charge in [0.05, 0.1) is 6.04 Å². The first-order valence-electron chi connectivity index (χ1n) is 13.2. The Morgan fingerprint density at radius 1 is 0.649 bits per heavy atom. The molecule has 0 radical (unpaired) electrons. The highest BCUT2D eigenvalue weighted by Gasteiger charge is 2.22. The van der Waals surface area contributed by atoms with Gasteiger partial charge in [0.1, 0.15) is 0 Å². The Bertz CT molecular complexity index is 1470. The van der Waals surface area contributed by atoms with Gasteiger partial charge in [-0.05, 0) is 76.9 Å². The maximum Gasteiger partial charge on any atom is 0.0560 e. The molecule has 2 aliphatic carbocycles. The second-order valence-electron chi connectivity index (χ2n) is 9.65. The first kappa shape index (κ1) is 23.1. The van der Waals surface area contributed by atoms with Crippen LogP contribution >= 0.6 is 0 Å². The predicted molar refractivity (Wildman–Crippen MR) is 159 cm³/mol. The molecule has 0 fully saturated rings. The third-order valence-corrected chi connectivity index (χ3v) is 7.28. The van der Waals surface area contributed by atoms with E-state index in [0.29, 0.717) is 0 Å². The quantitative estimate of drug-likeness (QED) is 0.267. The van der Waals surface area contributed by atoms with Crippen molar-refractivity contribution < 1.29 is 0 Å². The monoisotopic (exact) mass is 477 g/mol. The van der Waals surface area contributed by atoms with Crippen molar-refractivity contribution in [3.63, 3.8) is 0 Å². The molecule has 6 rings (SSSR count). The lowest BCUT2D eigenvalue weighted by atomic mass is 9.89. The fourth-order valence-electron chi connectivity index (χ4n) is 5.41. The average molecular weight is 478 g/mol. The van der Waals surface area contributed by atoms with Gasteiger partial charge in [0.15, 0.2) is 0 Å². The van der Waals surface area contributed by atoms with Crippen molar-refractivity contribution >= 4 is 22.5 Å². The number of hydrogen-bond donors (Lipinski definition) is 0. The van der Waals surface area contributed by atoms with Crippen LogP contribution in [0, 0.1) is 0 Å². The zero-order valence-electron chi connectivity index (χ0n) is 21.0. The highest BCUT2D eigenvalue weighted by atomic mass is 15.2. The number of allylic oxidation sites excluding steroid dienone is 6. The van der Waals surface area contributed by atoms with Gasteiger partial charge in [-0.15, -0.1) is 0 Å². The van der Waals surface area contributed by atoms with E-state index in [1.165, 1.54) is 44.8 Å². The van der Waals surface area contributed by atoms with Crippen LogP contribution in [0.25, 0.3) is 22.3 Å². The minimum absolute atomic E-state index is 0.237. The Kier molecular flexibility index (Phi) is 6.68. The summed E-state index contributed by atoms with van der Waals surface area (Å²) in [6.07, 6.45) is 16.9. The minimum atomic E-state index is 0.237. The molecule has 4 aromatic carbocycles. The highest BCUT2D eigenvalue weighted by Crippen LogP contribution is 2.39. The molecule has 0 spiro atoms. The van der Waals surface area contributed by atoms with Gasteiger partial charge in [0.2, 0.25) is 0 Å². The van der Waals surface area contributed by atoms with E-state index in [1.54, 1.807) is 0 Å². The van der Waals surface area contributed by atoms with Crippen LogP contribution in [0.2, 0.25) is 0 Å². The molecule has 0 aromatic heterocycles. The highest BCUT2D eigenvalue weighted by molar-refractivity contribution is 5.86. The standard InChI is InChI=1S/C36H31N/c1-5-13-28(14-6-1)29-21-23-33(24-22-29)37(32-19-11-4-12-20-32)34-25-26-35(30-15-7-2-8-16-30)36(27-34)31-17-9-3-10-18-31/h1-7,9-15,17-23,25-27,33H,8,16,24H2. The molecule has 180 valence electrons. The smallest absolute Gasteiger partial charge is 0.0560 e. The number of rotatable bonds is 6. The van der Waals surface area contributed by atoms with E-state index in [0.717, 1.165) is 19.3 Å². The molecule has 1 heteroatoms. The maximum atomic E-state index is 2.49. The molecule has 37 heavy (non-hydrogen) atoms. The summed E-state index contributed by atoms with van der Waals surface area (Å²) in [7, 11) is 0. The van der Waals surface area contributed by atoms with Crippen molar-refractivity contribution in [1.82, 2.24) is 0 Å². The van der Waals surface area contributed by atoms with Crippen LogP contribution in [0.1, 0.15) is 30.4 Å². The summed E-state index contributed by atoms with van der Waals surface area (Å²) in [5, 5.41) is 0. The summed E-state index contributed by atoms with van der Waals surface area (Å²) < 4.78 is 0. The third-order valence-electron chi connectivity index (χ3n) is 7.28. The lowest BCUT2D eigenvalue weighted by molar-refractivity contribution is 0.787. The zero-order chi connectivity index (χ0) is 24.9. The molecule has 0 bridgehead atoms. The number of hydrogen-bond acceptors (Lipinski definition) is 1. The minimum Gasteiger partial charge on any atom is -0.334 e. The molecule has 1 atom stereocenters. The molecule has 0 N–H and O–H groups in total. The van der Waals surface area contributed by atoms with Gasteiger partial charge in [-0.3, -0.25) is 0 Å². The molecule has 0 saturated carbocycles. The van der Waals surface area contributed by atoms with Crippen molar-refractivity contribution in [1.29, 1.82) is 0 Å². The first-order valence-corrected chi connectivity index (χ1v) is 13.2. The second-order valence-corrected chi connectivity index (χ2v) is 9.65. The van der Waals surface area contributed by atoms with E-state index < -0.39 is 0 Å². The van der Waals surface area contributed by atoms with Gasteiger partial charge in [-0.1, -0.05) is 121 Å². The molecule has 2 aliphatic rings. The molecule has 1 nitrogen and oxygen atoms in total. The van der Waals surface area contributed by atoms with Crippen LogP contribution in [0.15, 0.2) is 146 Å². The van der Waals surface area contributed by atoms with Crippen molar-refractivity contribution in [2.45, 2.75) is 25.3 Å². The summed E-state index contributed by atoms with van der Waals surface area (Å²) in [6, 6.07) is 39.5. The van der Waals surface area contributed by atoms with E-state index in [1.807, 2.05) is 0 Å². The molecular weight excluding hydrogens is 446 g/mol. The van der Waals surface area contributed by atoms with E-state index in [4.69, 9.17) is 0 Å². The SMILES string of the molecule is C1=CCCC(c2ccc(N(c3ccccc3)C3C=CC(c4ccccc4)=CC3)cc2-c2ccccc2)=C1. The van der Waals surface area contributed by atoms with Crippen LogP contribution in [0.4, 0.5) is 11.4 Å². The molecule has 0 saturated heterocycles. The van der Waals surface area contributed by atoms with Gasteiger partial charge >= 0.3 is 0 Å². The Balaban J connectivity index is 1.42. The molecular formula is C36H31N. The summed E-state index contributed by atoms with van der Waals surface area (Å²) in [5.74, 6) is 0. The average Bonchev–Trinajstić information content (AvgIpc) is 2.99. The molecule has 0 aliphatic heterocycles. The lowest BCUT2D eigenvalue weighted by Crippen LogP contribution is -2.30. The third kappa shape index (κ3) is 4.99. The zero-order valence-corrected chi connectivity index (χ0v) is 21.0. The molecule has 4 aromatic rings. The number of para-hydroxylation sites is 1. The Morgan fingerprint density at radius 3 is 2.00 bits per heavy atom. The van der Waals surface area contributed by atoms with Crippen molar-refractivity contribution in [2.24, 2.45) is 0 Å². The molecule has 1 unspecified atom stereocenters. The number of nitrogens with zero attached hydrogens (tertiary/aromatic N) is 1. The van der Waals surface area contributed by atoms with Crippen LogP contribution < -0.4 is 4.90 Å². The fraction of sp³-hybridized carbons (Fsp3) is 0.111. The molecule has 0 heterocycles. The fourth-order valence-corrected chi connectivity index (χ4v) is 5.41. The van der Waals surface area contributed by atoms with E-state index in [2.05, 4.69) is 151 Å². The largest absolute Gasteiger partial charge is 0.334 e. The lowest BCUT2D eigenvalue weighted by Gasteiger charge is -2.34. The van der Waals surface area contributed by atoms with Crippen molar-refractivity contribution in [2.75, 3.05) is 4.90 Å².